The molecule has 0 radical (unpaired) electrons. The number of hydrogen-bond acceptors (Lipinski definition) is 4. The minimum atomic E-state index is 0.0165. The third-order valence-electron chi connectivity index (χ3n) is 7.44. The minimum Gasteiger partial charge on any atom is -0.357 e. The molecule has 0 atom stereocenters. The van der Waals surface area contributed by atoms with Gasteiger partial charge in [-0.15, -0.1) is 0 Å². The van der Waals surface area contributed by atoms with Gasteiger partial charge >= 0.3 is 0 Å². The summed E-state index contributed by atoms with van der Waals surface area (Å²) in [6.45, 7) is 3.12. The van der Waals surface area contributed by atoms with Crippen molar-refractivity contribution in [3.63, 3.8) is 0 Å². The molecular weight excluding hydrogens is 552 g/mol. The lowest BCUT2D eigenvalue weighted by Crippen LogP contribution is -2.38. The number of nitrogens with zero attached hydrogens (tertiary/aromatic N) is 3. The number of halogens is 2. The van der Waals surface area contributed by atoms with Gasteiger partial charge in [-0.3, -0.25) is 9.59 Å². The number of anilines is 2. The largest absolute Gasteiger partial charge is 0.357 e. The molecule has 2 aromatic carbocycles. The molecule has 1 N–H and O–H groups in total. The molecule has 2 amide bonds. The van der Waals surface area contributed by atoms with Gasteiger partial charge in [0.15, 0.2) is 0 Å². The van der Waals surface area contributed by atoms with E-state index in [1.54, 1.807) is 24.4 Å². The lowest BCUT2D eigenvalue weighted by molar-refractivity contribution is -0.120. The maximum Gasteiger partial charge on any atom is 0.253 e. The molecule has 8 heteroatoms. The van der Waals surface area contributed by atoms with E-state index in [-0.39, 0.29) is 17.7 Å². The molecule has 0 bridgehead atoms. The number of nitrogens with one attached hydrogen (secondary N) is 1. The number of aromatic nitrogens is 1. The lowest BCUT2D eigenvalue weighted by Gasteiger charge is -2.32. The molecule has 3 aromatic rings. The van der Waals surface area contributed by atoms with E-state index in [2.05, 4.69) is 43.3 Å². The Labute approximate surface area is 231 Å². The van der Waals surface area contributed by atoms with Crippen molar-refractivity contribution in [1.82, 2.24) is 9.88 Å². The van der Waals surface area contributed by atoms with Crippen molar-refractivity contribution >= 4 is 50.9 Å². The van der Waals surface area contributed by atoms with E-state index in [1.807, 2.05) is 35.2 Å². The average Bonchev–Trinajstić information content (AvgIpc) is 2.95. The lowest BCUT2D eigenvalue weighted by atomic mass is 9.89. The van der Waals surface area contributed by atoms with E-state index in [0.29, 0.717) is 16.5 Å². The van der Waals surface area contributed by atoms with Gasteiger partial charge in [-0.1, -0.05) is 29.8 Å². The summed E-state index contributed by atoms with van der Waals surface area (Å²) in [6.07, 6.45) is 5.29. The highest BCUT2D eigenvalue weighted by molar-refractivity contribution is 9.10. The number of likely N-dealkylation sites (tertiary alicyclic amines) is 1. The second kappa shape index (κ2) is 11.7. The molecule has 192 valence electrons. The number of hydrogen-bond donors (Lipinski definition) is 1. The Morgan fingerprint density at radius 3 is 2.30 bits per heavy atom. The molecule has 1 aromatic heterocycles. The number of pyridine rings is 1. The highest BCUT2D eigenvalue weighted by atomic mass is 79.9. The Morgan fingerprint density at radius 2 is 1.65 bits per heavy atom. The van der Waals surface area contributed by atoms with Gasteiger partial charge in [0.25, 0.3) is 5.91 Å². The fourth-order valence-electron chi connectivity index (χ4n) is 5.22. The van der Waals surface area contributed by atoms with E-state index in [1.165, 1.54) is 5.56 Å². The van der Waals surface area contributed by atoms with Gasteiger partial charge in [-0.2, -0.15) is 0 Å². The topological polar surface area (TPSA) is 65.5 Å². The number of benzene rings is 2. The van der Waals surface area contributed by atoms with Gasteiger partial charge in [0.1, 0.15) is 5.82 Å². The van der Waals surface area contributed by atoms with Crippen LogP contribution in [-0.2, 0) is 4.79 Å². The summed E-state index contributed by atoms with van der Waals surface area (Å²) in [5.41, 5.74) is 2.74. The van der Waals surface area contributed by atoms with Crippen molar-refractivity contribution in [2.75, 3.05) is 36.4 Å². The Balaban J connectivity index is 1.10. The van der Waals surface area contributed by atoms with Gasteiger partial charge < -0.3 is 15.1 Å². The predicted octanol–water partition coefficient (Wildman–Crippen LogP) is 6.37. The van der Waals surface area contributed by atoms with Crippen LogP contribution in [0, 0.1) is 5.92 Å². The molecule has 0 saturated carbocycles. The van der Waals surface area contributed by atoms with Crippen LogP contribution >= 0.6 is 27.5 Å². The Kier molecular flexibility index (Phi) is 8.11. The summed E-state index contributed by atoms with van der Waals surface area (Å²) in [5, 5.41) is 3.70. The fourth-order valence-corrected chi connectivity index (χ4v) is 5.72. The quantitative estimate of drug-likeness (QED) is 0.380. The van der Waals surface area contributed by atoms with Gasteiger partial charge in [0.05, 0.1) is 5.02 Å². The summed E-state index contributed by atoms with van der Waals surface area (Å²) >= 11 is 9.46. The van der Waals surface area contributed by atoms with Crippen LogP contribution in [0.15, 0.2) is 71.3 Å². The summed E-state index contributed by atoms with van der Waals surface area (Å²) in [5.74, 6) is 1.53. The molecule has 37 heavy (non-hydrogen) atoms. The molecule has 0 spiro atoms. The maximum atomic E-state index is 12.9. The Hall–Kier alpha value is -2.90. The molecule has 2 aliphatic rings. The second-order valence-electron chi connectivity index (χ2n) is 9.76. The van der Waals surface area contributed by atoms with Crippen molar-refractivity contribution in [3.05, 3.63) is 87.5 Å². The van der Waals surface area contributed by atoms with Crippen LogP contribution in [0.5, 0.6) is 0 Å². The normalized spacial score (nSPS) is 17.0. The first-order valence-electron chi connectivity index (χ1n) is 12.8. The van der Waals surface area contributed by atoms with Crippen LogP contribution in [0.2, 0.25) is 5.02 Å². The number of piperidine rings is 2. The summed E-state index contributed by atoms with van der Waals surface area (Å²) in [4.78, 5) is 34.3. The van der Waals surface area contributed by atoms with Crippen LogP contribution < -0.4 is 10.2 Å². The molecular formula is C29H30BrClN4O2. The molecule has 2 fully saturated rings. The van der Waals surface area contributed by atoms with E-state index >= 15 is 0 Å². The zero-order chi connectivity index (χ0) is 25.8. The molecule has 0 aliphatic carbocycles. The number of carbonyl (C=O) groups is 2. The molecule has 2 saturated heterocycles. The molecule has 0 unspecified atom stereocenters. The first kappa shape index (κ1) is 25.7. The van der Waals surface area contributed by atoms with Crippen LogP contribution in [0.3, 0.4) is 0 Å². The average molecular weight is 582 g/mol. The first-order chi connectivity index (χ1) is 18.0. The Morgan fingerprint density at radius 1 is 0.919 bits per heavy atom. The third-order valence-corrected chi connectivity index (χ3v) is 8.65. The standard InChI is InChI=1S/C29H30BrClN4O2/c30-25-19-23(6-9-26(25)31)29(37)35-17-10-21(11-18-35)20-4-7-24(8-5-20)33-28(36)22-12-15-34(16-13-22)27-3-1-2-14-32-27/h1-9,14,19,21-22H,10-13,15-18H2,(H,33,36). The summed E-state index contributed by atoms with van der Waals surface area (Å²) in [6, 6.07) is 19.5. The van der Waals surface area contributed by atoms with Gasteiger partial charge in [-0.05, 0) is 95.6 Å². The van der Waals surface area contributed by atoms with E-state index in [9.17, 15) is 9.59 Å². The van der Waals surface area contributed by atoms with E-state index in [0.717, 1.165) is 67.8 Å². The fraction of sp³-hybridized carbons (Fsp3) is 0.345. The number of rotatable bonds is 5. The first-order valence-corrected chi connectivity index (χ1v) is 14.0. The smallest absolute Gasteiger partial charge is 0.253 e. The van der Waals surface area contributed by atoms with Crippen molar-refractivity contribution in [1.29, 1.82) is 0 Å². The third kappa shape index (κ3) is 6.16. The van der Waals surface area contributed by atoms with E-state index < -0.39 is 0 Å². The predicted molar refractivity (Wildman–Crippen MR) is 151 cm³/mol. The van der Waals surface area contributed by atoms with Gasteiger partial charge in [-0.25, -0.2) is 4.98 Å². The number of amides is 2. The molecule has 5 rings (SSSR count). The zero-order valence-electron chi connectivity index (χ0n) is 20.6. The SMILES string of the molecule is O=C(Nc1ccc(C2CCN(C(=O)c3ccc(Cl)c(Br)c3)CC2)cc1)C1CCN(c2ccccn2)CC1. The van der Waals surface area contributed by atoms with Crippen molar-refractivity contribution in [2.24, 2.45) is 5.92 Å². The molecule has 3 heterocycles. The van der Waals surface area contributed by atoms with Crippen LogP contribution in [0.25, 0.3) is 0 Å². The van der Waals surface area contributed by atoms with Crippen LogP contribution in [0.1, 0.15) is 47.5 Å². The second-order valence-corrected chi connectivity index (χ2v) is 11.0. The van der Waals surface area contributed by atoms with Crippen LogP contribution in [-0.4, -0.2) is 47.9 Å². The van der Waals surface area contributed by atoms with Crippen molar-refractivity contribution < 1.29 is 9.59 Å². The highest BCUT2D eigenvalue weighted by Gasteiger charge is 2.27. The molecule has 6 nitrogen and oxygen atoms in total. The van der Waals surface area contributed by atoms with Gasteiger partial charge in [0, 0.05) is 54.0 Å². The Bertz CT molecular complexity index is 1240. The summed E-state index contributed by atoms with van der Waals surface area (Å²) in [7, 11) is 0. The minimum absolute atomic E-state index is 0.0165. The van der Waals surface area contributed by atoms with Gasteiger partial charge in [0.2, 0.25) is 5.91 Å². The zero-order valence-corrected chi connectivity index (χ0v) is 22.9. The van der Waals surface area contributed by atoms with E-state index in [4.69, 9.17) is 11.6 Å². The summed E-state index contributed by atoms with van der Waals surface area (Å²) < 4.78 is 0.733. The maximum absolute atomic E-state index is 12.9. The molecule has 2 aliphatic heterocycles. The number of carbonyl (C=O) groups excluding carboxylic acids is 2. The highest BCUT2D eigenvalue weighted by Crippen LogP contribution is 2.31. The van der Waals surface area contributed by atoms with Crippen molar-refractivity contribution in [2.45, 2.75) is 31.6 Å². The monoisotopic (exact) mass is 580 g/mol. The van der Waals surface area contributed by atoms with Crippen LogP contribution in [0.4, 0.5) is 11.5 Å². The van der Waals surface area contributed by atoms with Crippen molar-refractivity contribution in [3.8, 4) is 0 Å².